The number of carbonyl (C=O) groups excluding carboxylic acids is 1. The van der Waals surface area contributed by atoms with Gasteiger partial charge in [-0.1, -0.05) is 0 Å². The number of Topliss-reactive ketones (excluding diaryl/α,β-unsaturated/α-hetero) is 1. The van der Waals surface area contributed by atoms with E-state index in [4.69, 9.17) is 4.74 Å². The number of likely N-dealkylation sites (tertiary alicyclic amines) is 1. The van der Waals surface area contributed by atoms with Gasteiger partial charge in [0.15, 0.2) is 0 Å². The molecule has 0 spiro atoms. The van der Waals surface area contributed by atoms with E-state index < -0.39 is 0 Å². The molecule has 3 fully saturated rings. The molecule has 3 heterocycles. The molecular formula is C13H22N2O2. The number of nitrogens with zero attached hydrogens (tertiary/aromatic N) is 2. The van der Waals surface area contributed by atoms with Gasteiger partial charge < -0.3 is 4.74 Å². The van der Waals surface area contributed by atoms with Crippen LogP contribution in [0.3, 0.4) is 0 Å². The molecule has 3 rings (SSSR count). The van der Waals surface area contributed by atoms with E-state index in [1.807, 2.05) is 0 Å². The van der Waals surface area contributed by atoms with E-state index in [1.165, 1.54) is 19.4 Å². The van der Waals surface area contributed by atoms with Gasteiger partial charge in [0, 0.05) is 45.1 Å². The molecule has 3 saturated heterocycles. The molecule has 0 N–H and O–H groups in total. The van der Waals surface area contributed by atoms with Crippen molar-refractivity contribution >= 4 is 5.78 Å². The molecule has 3 aliphatic heterocycles. The minimum atomic E-state index is 0.359. The van der Waals surface area contributed by atoms with Crippen LogP contribution in [0.25, 0.3) is 0 Å². The lowest BCUT2D eigenvalue weighted by Gasteiger charge is -2.38. The topological polar surface area (TPSA) is 32.8 Å². The van der Waals surface area contributed by atoms with E-state index in [9.17, 15) is 4.79 Å². The van der Waals surface area contributed by atoms with Crippen LogP contribution in [-0.4, -0.2) is 67.1 Å². The van der Waals surface area contributed by atoms with Gasteiger partial charge in [0.1, 0.15) is 5.78 Å². The highest BCUT2D eigenvalue weighted by atomic mass is 16.5. The Hall–Kier alpha value is -0.450. The van der Waals surface area contributed by atoms with Crippen LogP contribution in [0, 0.1) is 0 Å². The smallest absolute Gasteiger partial charge is 0.135 e. The number of fused-ring (bicyclic) bond motifs is 1. The molecule has 0 radical (unpaired) electrons. The van der Waals surface area contributed by atoms with Crippen molar-refractivity contribution in [2.45, 2.75) is 37.8 Å². The third-order valence-corrected chi connectivity index (χ3v) is 4.34. The zero-order valence-electron chi connectivity index (χ0n) is 10.4. The highest BCUT2D eigenvalue weighted by molar-refractivity contribution is 5.79. The van der Waals surface area contributed by atoms with E-state index >= 15 is 0 Å². The second-order valence-corrected chi connectivity index (χ2v) is 5.59. The van der Waals surface area contributed by atoms with Gasteiger partial charge in [0.2, 0.25) is 0 Å². The van der Waals surface area contributed by atoms with Gasteiger partial charge in [-0.05, 0) is 19.4 Å². The van der Waals surface area contributed by atoms with Crippen LogP contribution in [0.4, 0.5) is 0 Å². The molecule has 4 nitrogen and oxygen atoms in total. The predicted molar refractivity (Wildman–Crippen MR) is 65.0 cm³/mol. The van der Waals surface area contributed by atoms with E-state index in [0.717, 1.165) is 45.6 Å². The Kier molecular flexibility index (Phi) is 3.45. The van der Waals surface area contributed by atoms with Crippen LogP contribution >= 0.6 is 0 Å². The van der Waals surface area contributed by atoms with Crippen molar-refractivity contribution in [3.05, 3.63) is 0 Å². The molecule has 96 valence electrons. The summed E-state index contributed by atoms with van der Waals surface area (Å²) in [7, 11) is 0. The maximum atomic E-state index is 11.2. The number of morpholine rings is 1. The van der Waals surface area contributed by atoms with Crippen LogP contribution in [0.2, 0.25) is 0 Å². The van der Waals surface area contributed by atoms with E-state index in [-0.39, 0.29) is 0 Å². The molecule has 0 amide bonds. The number of ether oxygens (including phenoxy) is 1. The molecule has 17 heavy (non-hydrogen) atoms. The second-order valence-electron chi connectivity index (χ2n) is 5.59. The summed E-state index contributed by atoms with van der Waals surface area (Å²) in [6.07, 6.45) is 4.47. The first kappa shape index (κ1) is 11.6. The monoisotopic (exact) mass is 238 g/mol. The molecular weight excluding hydrogens is 216 g/mol. The fourth-order valence-electron chi connectivity index (χ4n) is 3.27. The molecule has 0 aliphatic carbocycles. The van der Waals surface area contributed by atoms with Gasteiger partial charge >= 0.3 is 0 Å². The Bertz CT molecular complexity index is 285. The minimum absolute atomic E-state index is 0.359. The van der Waals surface area contributed by atoms with Gasteiger partial charge in [-0.2, -0.15) is 0 Å². The van der Waals surface area contributed by atoms with Crippen molar-refractivity contribution in [3.8, 4) is 0 Å². The molecule has 4 heteroatoms. The van der Waals surface area contributed by atoms with Crippen molar-refractivity contribution in [3.63, 3.8) is 0 Å². The van der Waals surface area contributed by atoms with Gasteiger partial charge in [-0.15, -0.1) is 0 Å². The Labute approximate surface area is 103 Å². The maximum Gasteiger partial charge on any atom is 0.135 e. The van der Waals surface area contributed by atoms with Crippen molar-refractivity contribution in [1.29, 1.82) is 0 Å². The Morgan fingerprint density at radius 1 is 1.24 bits per heavy atom. The molecule has 3 aliphatic rings. The number of carbonyl (C=O) groups is 1. The number of hydrogen-bond acceptors (Lipinski definition) is 4. The Balaban J connectivity index is 1.47. The first-order valence-corrected chi connectivity index (χ1v) is 6.91. The number of piperidine rings is 1. The average molecular weight is 238 g/mol. The maximum absolute atomic E-state index is 11.2. The van der Waals surface area contributed by atoms with Gasteiger partial charge in [-0.3, -0.25) is 14.6 Å². The normalized spacial score (nSPS) is 36.1. The van der Waals surface area contributed by atoms with Crippen molar-refractivity contribution < 1.29 is 9.53 Å². The molecule has 0 aromatic rings. The lowest BCUT2D eigenvalue weighted by atomic mass is 10.1. The molecule has 0 saturated carbocycles. The molecule has 0 bridgehead atoms. The van der Waals surface area contributed by atoms with Gasteiger partial charge in [-0.25, -0.2) is 0 Å². The Morgan fingerprint density at radius 2 is 2.06 bits per heavy atom. The molecule has 0 aromatic heterocycles. The third kappa shape index (κ3) is 2.69. The largest absolute Gasteiger partial charge is 0.374 e. The van der Waals surface area contributed by atoms with E-state index in [2.05, 4.69) is 9.80 Å². The molecule has 0 aromatic carbocycles. The zero-order chi connectivity index (χ0) is 11.7. The predicted octanol–water partition coefficient (Wildman–Crippen LogP) is 0.514. The Morgan fingerprint density at radius 3 is 2.88 bits per heavy atom. The van der Waals surface area contributed by atoms with Crippen LogP contribution in [0.15, 0.2) is 0 Å². The van der Waals surface area contributed by atoms with Crippen molar-refractivity contribution in [1.82, 2.24) is 9.80 Å². The van der Waals surface area contributed by atoms with E-state index in [0.29, 0.717) is 17.9 Å². The van der Waals surface area contributed by atoms with Crippen molar-refractivity contribution in [2.24, 2.45) is 0 Å². The first-order valence-electron chi connectivity index (χ1n) is 6.91. The van der Waals surface area contributed by atoms with Gasteiger partial charge in [0.05, 0.1) is 12.7 Å². The summed E-state index contributed by atoms with van der Waals surface area (Å²) in [6, 6.07) is 0.689. The number of hydrogen-bond donors (Lipinski definition) is 0. The summed E-state index contributed by atoms with van der Waals surface area (Å²) >= 11 is 0. The highest BCUT2D eigenvalue weighted by Crippen LogP contribution is 2.23. The average Bonchev–Trinajstić information content (AvgIpc) is 2.79. The van der Waals surface area contributed by atoms with Crippen LogP contribution in [0.1, 0.15) is 25.7 Å². The summed E-state index contributed by atoms with van der Waals surface area (Å²) in [5.74, 6) is 0.422. The zero-order valence-corrected chi connectivity index (χ0v) is 10.4. The fourth-order valence-corrected chi connectivity index (χ4v) is 3.27. The quantitative estimate of drug-likeness (QED) is 0.702. The summed E-state index contributed by atoms with van der Waals surface area (Å²) in [4.78, 5) is 16.2. The lowest BCUT2D eigenvalue weighted by molar-refractivity contribution is -0.122. The number of ketones is 1. The first-order chi connectivity index (χ1) is 8.31. The SMILES string of the molecule is O=C1CCN(CC2CN3CCCC3CO2)CC1. The van der Waals surface area contributed by atoms with Crippen LogP contribution in [-0.2, 0) is 9.53 Å². The summed E-state index contributed by atoms with van der Waals surface area (Å²) in [6.45, 7) is 6.14. The highest BCUT2D eigenvalue weighted by Gasteiger charge is 2.33. The summed E-state index contributed by atoms with van der Waals surface area (Å²) < 4.78 is 5.95. The summed E-state index contributed by atoms with van der Waals surface area (Å²) in [5, 5.41) is 0. The summed E-state index contributed by atoms with van der Waals surface area (Å²) in [5.41, 5.74) is 0. The number of rotatable bonds is 2. The lowest BCUT2D eigenvalue weighted by Crippen LogP contribution is -2.51. The van der Waals surface area contributed by atoms with Crippen LogP contribution < -0.4 is 0 Å². The molecule has 2 unspecified atom stereocenters. The van der Waals surface area contributed by atoms with Crippen LogP contribution in [0.5, 0.6) is 0 Å². The second kappa shape index (κ2) is 5.04. The van der Waals surface area contributed by atoms with Crippen molar-refractivity contribution in [2.75, 3.05) is 39.3 Å². The third-order valence-electron chi connectivity index (χ3n) is 4.34. The van der Waals surface area contributed by atoms with Gasteiger partial charge in [0.25, 0.3) is 0 Å². The fraction of sp³-hybridized carbons (Fsp3) is 0.923. The minimum Gasteiger partial charge on any atom is -0.374 e. The molecule has 2 atom stereocenters. The standard InChI is InChI=1S/C13H22N2O2/c16-12-3-6-14(7-4-12)8-13-9-15-5-1-2-11(15)10-17-13/h11,13H,1-10H2. The van der Waals surface area contributed by atoms with E-state index in [1.54, 1.807) is 0 Å².